The second-order valence-corrected chi connectivity index (χ2v) is 5.50. The Morgan fingerprint density at radius 3 is 2.96 bits per heavy atom. The minimum Gasteiger partial charge on any atom is -0.453 e. The topological polar surface area (TPSA) is 97.0 Å². The maximum atomic E-state index is 11.3. The molecule has 0 radical (unpaired) electrons. The van der Waals surface area contributed by atoms with Gasteiger partial charge < -0.3 is 15.0 Å². The highest BCUT2D eigenvalue weighted by atomic mass is 16.5. The Hall–Kier alpha value is -2.97. The summed E-state index contributed by atoms with van der Waals surface area (Å²) in [6, 6.07) is 0.0281. The normalized spacial score (nSPS) is 14.9. The molecule has 0 unspecified atom stereocenters. The van der Waals surface area contributed by atoms with E-state index in [1.54, 1.807) is 17.8 Å². The molecule has 126 valence electrons. The van der Waals surface area contributed by atoms with Crippen LogP contribution in [0.3, 0.4) is 0 Å². The monoisotopic (exact) mass is 329 g/mol. The van der Waals surface area contributed by atoms with Gasteiger partial charge in [0.15, 0.2) is 5.82 Å². The van der Waals surface area contributed by atoms with Crippen molar-refractivity contribution < 1.29 is 9.53 Å². The number of nitrogens with one attached hydrogen (secondary N) is 1. The number of carbonyl (C=O) groups excluding carboxylic acids is 1. The molecule has 9 heteroatoms. The molecule has 2 aromatic heterocycles. The van der Waals surface area contributed by atoms with Crippen molar-refractivity contribution in [3.63, 3.8) is 0 Å². The van der Waals surface area contributed by atoms with Gasteiger partial charge in [-0.3, -0.25) is 4.99 Å². The van der Waals surface area contributed by atoms with Gasteiger partial charge in [0.05, 0.1) is 13.2 Å². The Labute approximate surface area is 139 Å². The van der Waals surface area contributed by atoms with Gasteiger partial charge in [0.25, 0.3) is 0 Å². The van der Waals surface area contributed by atoms with E-state index in [0.717, 1.165) is 17.2 Å². The van der Waals surface area contributed by atoms with Crippen LogP contribution in [0, 0.1) is 6.92 Å². The largest absolute Gasteiger partial charge is 0.453 e. The first-order valence-corrected chi connectivity index (χ1v) is 7.46. The van der Waals surface area contributed by atoms with Crippen molar-refractivity contribution in [2.24, 2.45) is 4.99 Å². The predicted molar refractivity (Wildman–Crippen MR) is 90.5 cm³/mol. The van der Waals surface area contributed by atoms with Gasteiger partial charge in [0.2, 0.25) is 0 Å². The van der Waals surface area contributed by atoms with E-state index in [2.05, 4.69) is 41.6 Å². The van der Waals surface area contributed by atoms with Crippen LogP contribution in [-0.4, -0.2) is 65.2 Å². The van der Waals surface area contributed by atoms with Crippen molar-refractivity contribution in [2.45, 2.75) is 13.0 Å². The minimum atomic E-state index is -0.430. The zero-order valence-corrected chi connectivity index (χ0v) is 13.9. The van der Waals surface area contributed by atoms with Crippen molar-refractivity contribution in [3.8, 4) is 0 Å². The number of imidazole rings is 1. The van der Waals surface area contributed by atoms with Crippen LogP contribution in [-0.2, 0) is 4.74 Å². The van der Waals surface area contributed by atoms with Crippen LogP contribution >= 0.6 is 0 Å². The average Bonchev–Trinajstić information content (AvgIpc) is 2.88. The van der Waals surface area contributed by atoms with Gasteiger partial charge in [-0.15, -0.1) is 0 Å². The number of methoxy groups -OCH3 is 1. The average molecular weight is 329 g/mol. The summed E-state index contributed by atoms with van der Waals surface area (Å²) in [5.74, 6) is 1.51. The van der Waals surface area contributed by atoms with E-state index in [1.807, 2.05) is 6.92 Å². The zero-order chi connectivity index (χ0) is 17.3. The lowest BCUT2D eigenvalue weighted by Gasteiger charge is -2.40. The number of aryl methyl sites for hydroxylation is 1. The molecule has 3 heterocycles. The molecule has 0 aromatic carbocycles. The Morgan fingerprint density at radius 1 is 1.54 bits per heavy atom. The molecule has 1 amide bonds. The maximum Gasteiger partial charge on any atom is 0.407 e. The number of amides is 1. The van der Waals surface area contributed by atoms with E-state index in [-0.39, 0.29) is 6.04 Å². The van der Waals surface area contributed by atoms with Gasteiger partial charge in [-0.05, 0) is 6.92 Å². The zero-order valence-electron chi connectivity index (χ0n) is 13.9. The molecule has 3 rings (SSSR count). The van der Waals surface area contributed by atoms with Crippen LogP contribution in [0.15, 0.2) is 17.9 Å². The number of carbonyl (C=O) groups is 1. The van der Waals surface area contributed by atoms with Gasteiger partial charge in [-0.2, -0.15) is 5.10 Å². The molecule has 0 spiro atoms. The highest BCUT2D eigenvalue weighted by Gasteiger charge is 2.32. The molecule has 1 N–H and O–H groups in total. The summed E-state index contributed by atoms with van der Waals surface area (Å²) < 4.78 is 6.36. The second kappa shape index (κ2) is 6.26. The number of ether oxygens (including phenoxy) is 1. The first-order valence-electron chi connectivity index (χ1n) is 7.46. The van der Waals surface area contributed by atoms with Crippen molar-refractivity contribution >= 4 is 29.2 Å². The number of aromatic nitrogens is 4. The summed E-state index contributed by atoms with van der Waals surface area (Å²) in [5, 5.41) is 7.04. The van der Waals surface area contributed by atoms with E-state index >= 15 is 0 Å². The van der Waals surface area contributed by atoms with Crippen LogP contribution in [0.5, 0.6) is 0 Å². The lowest BCUT2D eigenvalue weighted by Crippen LogP contribution is -2.59. The summed E-state index contributed by atoms with van der Waals surface area (Å²) in [4.78, 5) is 26.3. The second-order valence-electron chi connectivity index (χ2n) is 5.50. The highest BCUT2D eigenvalue weighted by Crippen LogP contribution is 2.28. The number of anilines is 1. The molecule has 1 aliphatic heterocycles. The lowest BCUT2D eigenvalue weighted by atomic mass is 10.1. The number of hydrogen-bond acceptors (Lipinski definition) is 7. The smallest absolute Gasteiger partial charge is 0.407 e. The van der Waals surface area contributed by atoms with Crippen LogP contribution in [0.2, 0.25) is 0 Å². The number of aliphatic imine (C=N–C) groups is 1. The van der Waals surface area contributed by atoms with Crippen molar-refractivity contribution in [1.29, 1.82) is 0 Å². The fourth-order valence-corrected chi connectivity index (χ4v) is 2.70. The minimum absolute atomic E-state index is 0.0281. The number of allylic oxidation sites excluding steroid dienone is 1. The summed E-state index contributed by atoms with van der Waals surface area (Å²) >= 11 is 0. The van der Waals surface area contributed by atoms with Gasteiger partial charge in [-0.1, -0.05) is 6.58 Å². The van der Waals surface area contributed by atoms with E-state index in [4.69, 9.17) is 0 Å². The number of nitrogens with zero attached hydrogens (tertiary/aromatic N) is 6. The molecule has 0 atom stereocenters. The summed E-state index contributed by atoms with van der Waals surface area (Å²) in [5.41, 5.74) is 2.19. The number of hydrogen-bond donors (Lipinski definition) is 1. The van der Waals surface area contributed by atoms with Crippen molar-refractivity contribution in [3.05, 3.63) is 24.4 Å². The Bertz CT molecular complexity index is 821. The first kappa shape index (κ1) is 15.9. The van der Waals surface area contributed by atoms with E-state index in [1.165, 1.54) is 13.4 Å². The molecule has 1 fully saturated rings. The van der Waals surface area contributed by atoms with Crippen LogP contribution in [0.25, 0.3) is 11.1 Å². The first-order chi connectivity index (χ1) is 11.5. The fraction of sp³-hybridized carbons (Fsp3) is 0.400. The standard InChI is InChI=1S/C15H19N7O2/c1-9(5-16-3)12-13-14(17-8-18-22(13)10(2)19-12)21-6-11(7-21)20-15(23)24-4/h5,8,11H,1,6-7H2,2-4H3,(H,20,23). The molecule has 0 saturated carbocycles. The van der Waals surface area contributed by atoms with E-state index < -0.39 is 6.09 Å². The third-order valence-corrected chi connectivity index (χ3v) is 3.85. The predicted octanol–water partition coefficient (Wildman–Crippen LogP) is 0.691. The number of alkyl carbamates (subject to hydrolysis) is 1. The highest BCUT2D eigenvalue weighted by molar-refractivity contribution is 6.11. The molecule has 9 nitrogen and oxygen atoms in total. The molecule has 2 aromatic rings. The summed E-state index contributed by atoms with van der Waals surface area (Å²) in [6.45, 7) is 7.17. The van der Waals surface area contributed by atoms with E-state index in [9.17, 15) is 4.79 Å². The molecular weight excluding hydrogens is 310 g/mol. The van der Waals surface area contributed by atoms with Gasteiger partial charge >= 0.3 is 6.09 Å². The summed E-state index contributed by atoms with van der Waals surface area (Å²) in [7, 11) is 3.04. The fourth-order valence-electron chi connectivity index (χ4n) is 2.70. The maximum absolute atomic E-state index is 11.3. The Balaban J connectivity index is 1.92. The molecule has 0 bridgehead atoms. The quantitative estimate of drug-likeness (QED) is 0.829. The summed E-state index contributed by atoms with van der Waals surface area (Å²) in [6.07, 6.45) is 2.73. The van der Waals surface area contributed by atoms with Crippen molar-refractivity contribution in [2.75, 3.05) is 32.1 Å². The molecule has 1 aliphatic rings. The Morgan fingerprint density at radius 2 is 2.29 bits per heavy atom. The SMILES string of the molecule is C=C(C=NC)c1nc(C)n2ncnc(N3CC(NC(=O)OC)C3)c12. The van der Waals surface area contributed by atoms with Crippen LogP contribution < -0.4 is 10.2 Å². The van der Waals surface area contributed by atoms with E-state index in [0.29, 0.717) is 24.4 Å². The van der Waals surface area contributed by atoms with Crippen LogP contribution in [0.4, 0.5) is 10.6 Å². The van der Waals surface area contributed by atoms with Gasteiger partial charge in [-0.25, -0.2) is 19.3 Å². The molecule has 0 aliphatic carbocycles. The molecule has 1 saturated heterocycles. The number of fused-ring (bicyclic) bond motifs is 1. The third-order valence-electron chi connectivity index (χ3n) is 3.85. The molecular formula is C15H19N7O2. The van der Waals surface area contributed by atoms with Gasteiger partial charge in [0.1, 0.15) is 23.4 Å². The van der Waals surface area contributed by atoms with Crippen LogP contribution in [0.1, 0.15) is 11.5 Å². The number of rotatable bonds is 4. The lowest BCUT2D eigenvalue weighted by molar-refractivity contribution is 0.164. The van der Waals surface area contributed by atoms with Crippen molar-refractivity contribution in [1.82, 2.24) is 24.9 Å². The molecule has 24 heavy (non-hydrogen) atoms. The third kappa shape index (κ3) is 2.68. The van der Waals surface area contributed by atoms with Gasteiger partial charge in [0, 0.05) is 31.9 Å². The Kier molecular flexibility index (Phi) is 4.15.